The first-order chi connectivity index (χ1) is 14.5. The van der Waals surface area contributed by atoms with Crippen molar-refractivity contribution >= 4 is 40.9 Å². The Morgan fingerprint density at radius 2 is 1.73 bits per heavy atom. The van der Waals surface area contributed by atoms with Crippen molar-refractivity contribution in [1.29, 1.82) is 0 Å². The first kappa shape index (κ1) is 20.6. The maximum atomic E-state index is 13.2. The third-order valence-electron chi connectivity index (χ3n) is 5.54. The summed E-state index contributed by atoms with van der Waals surface area (Å²) in [5.74, 6) is -1.36. The van der Waals surface area contributed by atoms with Crippen LogP contribution in [-0.4, -0.2) is 25.9 Å². The number of rotatable bonds is 3. The van der Waals surface area contributed by atoms with Crippen LogP contribution in [0.3, 0.4) is 0 Å². The van der Waals surface area contributed by atoms with E-state index in [4.69, 9.17) is 11.6 Å². The smallest absolute Gasteiger partial charge is 0.247 e. The van der Waals surface area contributed by atoms with E-state index in [9.17, 15) is 9.59 Å². The lowest BCUT2D eigenvalue weighted by Gasteiger charge is -2.39. The van der Waals surface area contributed by atoms with Gasteiger partial charge in [0.05, 0.1) is 11.6 Å². The van der Waals surface area contributed by atoms with Crippen LogP contribution in [0.15, 0.2) is 75.2 Å². The minimum absolute atomic E-state index is 0.149. The number of hydrogen-bond donors (Lipinski definition) is 3. The molecular formula is C23H22ClN3O2S. The molecule has 30 heavy (non-hydrogen) atoms. The van der Waals surface area contributed by atoms with E-state index >= 15 is 0 Å². The minimum atomic E-state index is -0.581. The molecule has 1 aliphatic carbocycles. The second kappa shape index (κ2) is 8.20. The third kappa shape index (κ3) is 3.40. The van der Waals surface area contributed by atoms with E-state index in [0.717, 1.165) is 32.3 Å². The van der Waals surface area contributed by atoms with Gasteiger partial charge in [-0.2, -0.15) is 0 Å². The lowest BCUT2D eigenvalue weighted by atomic mass is 9.72. The summed E-state index contributed by atoms with van der Waals surface area (Å²) in [6.07, 6.45) is 0. The first-order valence-electron chi connectivity index (χ1n) is 9.64. The summed E-state index contributed by atoms with van der Waals surface area (Å²) in [6, 6.07) is 15.3. The fourth-order valence-electron chi connectivity index (χ4n) is 4.13. The molecule has 5 nitrogen and oxygen atoms in total. The van der Waals surface area contributed by atoms with E-state index in [2.05, 4.69) is 16.0 Å². The topological polar surface area (TPSA) is 70.2 Å². The Labute approximate surface area is 185 Å². The molecule has 7 heteroatoms. The highest BCUT2D eigenvalue weighted by Gasteiger charge is 2.44. The van der Waals surface area contributed by atoms with Gasteiger partial charge in [0, 0.05) is 46.1 Å². The molecule has 0 aromatic heterocycles. The predicted molar refractivity (Wildman–Crippen MR) is 121 cm³/mol. The van der Waals surface area contributed by atoms with Crippen LogP contribution in [-0.2, 0) is 9.59 Å². The maximum absolute atomic E-state index is 13.2. The summed E-state index contributed by atoms with van der Waals surface area (Å²) in [7, 11) is 3.23. The highest BCUT2D eigenvalue weighted by molar-refractivity contribution is 8.03. The molecule has 1 aliphatic heterocycles. The quantitative estimate of drug-likeness (QED) is 0.667. The van der Waals surface area contributed by atoms with Crippen LogP contribution in [0.4, 0.5) is 5.69 Å². The van der Waals surface area contributed by atoms with Crippen molar-refractivity contribution in [3.05, 3.63) is 80.9 Å². The van der Waals surface area contributed by atoms with Crippen molar-refractivity contribution < 1.29 is 9.59 Å². The van der Waals surface area contributed by atoms with E-state index in [-0.39, 0.29) is 11.8 Å². The van der Waals surface area contributed by atoms with E-state index < -0.39 is 11.8 Å². The normalized spacial score (nSPS) is 20.1. The average Bonchev–Trinajstić information content (AvgIpc) is 2.77. The van der Waals surface area contributed by atoms with Crippen molar-refractivity contribution in [3.63, 3.8) is 0 Å². The number of halogens is 1. The molecule has 2 atom stereocenters. The zero-order chi connectivity index (χ0) is 21.4. The molecule has 4 rings (SSSR count). The summed E-state index contributed by atoms with van der Waals surface area (Å²) in [5.41, 5.74) is 4.12. The summed E-state index contributed by atoms with van der Waals surface area (Å²) in [6.45, 7) is 1.95. The molecule has 3 N–H and O–H groups in total. The van der Waals surface area contributed by atoms with Crippen LogP contribution in [0.25, 0.3) is 0 Å². The molecule has 2 amide bonds. The van der Waals surface area contributed by atoms with Gasteiger partial charge in [-0.05, 0) is 42.3 Å². The van der Waals surface area contributed by atoms with Gasteiger partial charge in [0.25, 0.3) is 0 Å². The first-order valence-corrected chi connectivity index (χ1v) is 10.8. The lowest BCUT2D eigenvalue weighted by molar-refractivity contribution is -0.124. The van der Waals surface area contributed by atoms with Crippen molar-refractivity contribution in [1.82, 2.24) is 10.6 Å². The predicted octanol–water partition coefficient (Wildman–Crippen LogP) is 4.29. The highest BCUT2D eigenvalue weighted by Crippen LogP contribution is 2.53. The molecular weight excluding hydrogens is 418 g/mol. The molecule has 0 spiro atoms. The van der Waals surface area contributed by atoms with E-state index in [0.29, 0.717) is 10.6 Å². The van der Waals surface area contributed by atoms with Gasteiger partial charge in [-0.15, -0.1) is 0 Å². The second-order valence-electron chi connectivity index (χ2n) is 7.20. The van der Waals surface area contributed by atoms with E-state index in [1.807, 2.05) is 43.3 Å². The molecule has 0 fully saturated rings. The number of para-hydroxylation sites is 1. The second-order valence-corrected chi connectivity index (χ2v) is 8.69. The van der Waals surface area contributed by atoms with Gasteiger partial charge >= 0.3 is 0 Å². The van der Waals surface area contributed by atoms with Crippen LogP contribution in [0.5, 0.6) is 0 Å². The average molecular weight is 440 g/mol. The Balaban J connectivity index is 1.95. The molecule has 2 aromatic carbocycles. The number of hydrogen-bond acceptors (Lipinski definition) is 4. The van der Waals surface area contributed by atoms with Gasteiger partial charge in [0.2, 0.25) is 11.8 Å². The zero-order valence-electron chi connectivity index (χ0n) is 16.9. The summed E-state index contributed by atoms with van der Waals surface area (Å²) < 4.78 is 0. The number of fused-ring (bicyclic) bond motifs is 1. The van der Waals surface area contributed by atoms with Gasteiger partial charge in [0.1, 0.15) is 0 Å². The Morgan fingerprint density at radius 3 is 2.40 bits per heavy atom. The summed E-state index contributed by atoms with van der Waals surface area (Å²) in [4.78, 5) is 28.2. The van der Waals surface area contributed by atoms with Crippen LogP contribution < -0.4 is 16.0 Å². The fraction of sp³-hybridized carbons (Fsp3) is 0.217. The van der Waals surface area contributed by atoms with Crippen LogP contribution in [0.1, 0.15) is 18.4 Å². The molecule has 0 saturated heterocycles. The number of allylic oxidation sites excluding steroid dienone is 1. The molecule has 2 aromatic rings. The Morgan fingerprint density at radius 1 is 1.03 bits per heavy atom. The van der Waals surface area contributed by atoms with E-state index in [1.165, 1.54) is 0 Å². The van der Waals surface area contributed by atoms with Crippen molar-refractivity contribution in [2.24, 2.45) is 5.92 Å². The van der Waals surface area contributed by atoms with Crippen LogP contribution in [0.2, 0.25) is 5.02 Å². The molecule has 154 valence electrons. The number of likely N-dealkylation sites (N-methyl/N-ethyl adjacent to an activating group) is 1. The largest absolute Gasteiger partial charge is 0.359 e. The fourth-order valence-corrected chi connectivity index (χ4v) is 5.40. The standard InChI is InChI=1S/C23H22ClN3O2S/c1-12-17(22(28)25-2)18(13-8-10-14(24)11-9-13)19(23(29)26-3)20-21(12)30-16-7-5-4-6-15(16)27-20/h4-11,18-19,27H,1-3H3,(H,25,28)(H,26,29). The van der Waals surface area contributed by atoms with Gasteiger partial charge in [-0.25, -0.2) is 0 Å². The molecule has 2 aliphatic rings. The lowest BCUT2D eigenvalue weighted by Crippen LogP contribution is -2.41. The van der Waals surface area contributed by atoms with Crippen molar-refractivity contribution in [2.45, 2.75) is 17.7 Å². The van der Waals surface area contributed by atoms with Gasteiger partial charge in [-0.1, -0.05) is 47.6 Å². The number of carbonyl (C=O) groups is 2. The number of benzene rings is 2. The Bertz CT molecular complexity index is 1090. The van der Waals surface area contributed by atoms with Crippen molar-refractivity contribution in [2.75, 3.05) is 19.4 Å². The number of thioether (sulfide) groups is 1. The van der Waals surface area contributed by atoms with E-state index in [1.54, 1.807) is 38.0 Å². The Kier molecular flexibility index (Phi) is 5.62. The van der Waals surface area contributed by atoms with Gasteiger partial charge < -0.3 is 16.0 Å². The number of nitrogens with one attached hydrogen (secondary N) is 3. The zero-order valence-corrected chi connectivity index (χ0v) is 18.4. The Hall–Kier alpha value is -2.70. The molecule has 2 unspecified atom stereocenters. The number of anilines is 1. The summed E-state index contributed by atoms with van der Waals surface area (Å²) >= 11 is 7.69. The molecule has 1 heterocycles. The highest BCUT2D eigenvalue weighted by atomic mass is 35.5. The third-order valence-corrected chi connectivity index (χ3v) is 7.10. The molecule has 0 bridgehead atoms. The summed E-state index contributed by atoms with van der Waals surface area (Å²) in [5, 5.41) is 9.65. The van der Waals surface area contributed by atoms with Gasteiger partial charge in [-0.3, -0.25) is 9.59 Å². The van der Waals surface area contributed by atoms with Gasteiger partial charge in [0.15, 0.2) is 0 Å². The molecule has 0 radical (unpaired) electrons. The number of amides is 2. The SMILES string of the molecule is CNC(=O)C1=C(C)C2=C(Nc3ccccc3S2)C(C(=O)NC)C1c1ccc(Cl)cc1. The monoisotopic (exact) mass is 439 g/mol. The van der Waals surface area contributed by atoms with Crippen LogP contribution in [0, 0.1) is 5.92 Å². The maximum Gasteiger partial charge on any atom is 0.247 e. The number of carbonyl (C=O) groups excluding carboxylic acids is 2. The minimum Gasteiger partial charge on any atom is -0.359 e. The molecule has 0 saturated carbocycles. The van der Waals surface area contributed by atoms with Crippen LogP contribution >= 0.6 is 23.4 Å². The van der Waals surface area contributed by atoms with Crippen molar-refractivity contribution in [3.8, 4) is 0 Å².